The lowest BCUT2D eigenvalue weighted by atomic mass is 10.2. The number of anilines is 1. The van der Waals surface area contributed by atoms with E-state index in [4.69, 9.17) is 25.6 Å². The Morgan fingerprint density at radius 2 is 1.97 bits per heavy atom. The van der Waals surface area contributed by atoms with E-state index in [1.165, 1.54) is 0 Å². The first-order valence-corrected chi connectivity index (χ1v) is 9.37. The number of hydrogen-bond acceptors (Lipinski definition) is 6. The number of benzene rings is 2. The average molecular weight is 416 g/mol. The molecular weight excluding hydrogens is 394 g/mol. The molecule has 0 radical (unpaired) electrons. The maximum absolute atomic E-state index is 5.91. The van der Waals surface area contributed by atoms with Crippen LogP contribution in [0.2, 0.25) is 5.02 Å². The number of aliphatic imine (C=N–C) groups is 1. The van der Waals surface area contributed by atoms with Crippen LogP contribution in [-0.4, -0.2) is 36.9 Å². The van der Waals surface area contributed by atoms with Crippen molar-refractivity contribution in [2.75, 3.05) is 26.1 Å². The molecule has 29 heavy (non-hydrogen) atoms. The normalized spacial score (nSPS) is 11.2. The Morgan fingerprint density at radius 3 is 2.66 bits per heavy atom. The van der Waals surface area contributed by atoms with Crippen molar-refractivity contribution in [3.05, 3.63) is 53.4 Å². The summed E-state index contributed by atoms with van der Waals surface area (Å²) in [4.78, 5) is 8.59. The van der Waals surface area contributed by atoms with E-state index in [2.05, 4.69) is 25.8 Å². The van der Waals surface area contributed by atoms with Gasteiger partial charge in [-0.1, -0.05) is 16.8 Å². The minimum Gasteiger partial charge on any atom is -0.493 e. The van der Waals surface area contributed by atoms with Gasteiger partial charge < -0.3 is 24.6 Å². The maximum Gasteiger partial charge on any atom is 0.246 e. The number of nitrogens with zero attached hydrogens (tertiary/aromatic N) is 3. The molecule has 0 spiro atoms. The summed E-state index contributed by atoms with van der Waals surface area (Å²) in [5.41, 5.74) is 1.62. The Bertz CT molecular complexity index is 973. The van der Waals surface area contributed by atoms with E-state index in [0.717, 1.165) is 11.3 Å². The fourth-order valence-corrected chi connectivity index (χ4v) is 2.66. The van der Waals surface area contributed by atoms with Crippen molar-refractivity contribution < 1.29 is 14.0 Å². The van der Waals surface area contributed by atoms with Crippen molar-refractivity contribution in [1.82, 2.24) is 15.5 Å². The molecule has 0 aliphatic heterocycles. The van der Waals surface area contributed by atoms with Gasteiger partial charge in [0.1, 0.15) is 0 Å². The number of aromatic nitrogens is 2. The lowest BCUT2D eigenvalue weighted by Gasteiger charge is -2.13. The number of halogens is 1. The van der Waals surface area contributed by atoms with Gasteiger partial charge in [0.2, 0.25) is 11.7 Å². The van der Waals surface area contributed by atoms with Crippen molar-refractivity contribution in [2.24, 2.45) is 4.99 Å². The highest BCUT2D eigenvalue weighted by molar-refractivity contribution is 6.30. The average Bonchev–Trinajstić information content (AvgIpc) is 3.21. The van der Waals surface area contributed by atoms with E-state index in [1.807, 2.05) is 37.3 Å². The fourth-order valence-electron chi connectivity index (χ4n) is 2.54. The SMILES string of the molecule is CCOc1ccc(NC(=NC)NCc2nc(-c3ccc(Cl)cc3)no2)cc1OC. The van der Waals surface area contributed by atoms with E-state index in [0.29, 0.717) is 47.3 Å². The van der Waals surface area contributed by atoms with Crippen LogP contribution in [0.25, 0.3) is 11.4 Å². The predicted molar refractivity (Wildman–Crippen MR) is 113 cm³/mol. The third-order valence-corrected chi connectivity index (χ3v) is 4.18. The maximum atomic E-state index is 5.91. The van der Waals surface area contributed by atoms with Gasteiger partial charge in [-0.2, -0.15) is 4.98 Å². The van der Waals surface area contributed by atoms with E-state index in [-0.39, 0.29) is 0 Å². The number of methoxy groups -OCH3 is 1. The molecule has 0 amide bonds. The molecule has 0 aliphatic rings. The van der Waals surface area contributed by atoms with Crippen LogP contribution >= 0.6 is 11.6 Å². The molecule has 0 bridgehead atoms. The van der Waals surface area contributed by atoms with E-state index in [1.54, 1.807) is 26.3 Å². The first-order chi connectivity index (χ1) is 14.1. The number of ether oxygens (including phenoxy) is 2. The summed E-state index contributed by atoms with van der Waals surface area (Å²) < 4.78 is 16.2. The minimum atomic E-state index is 0.314. The van der Waals surface area contributed by atoms with Crippen molar-refractivity contribution in [1.29, 1.82) is 0 Å². The first kappa shape index (κ1) is 20.5. The lowest BCUT2D eigenvalue weighted by molar-refractivity contribution is 0.311. The van der Waals surface area contributed by atoms with Gasteiger partial charge in [-0.3, -0.25) is 4.99 Å². The Balaban J connectivity index is 1.62. The molecule has 8 nitrogen and oxygen atoms in total. The number of guanidine groups is 1. The van der Waals surface area contributed by atoms with Gasteiger partial charge in [0.05, 0.1) is 20.3 Å². The molecule has 2 N–H and O–H groups in total. The monoisotopic (exact) mass is 415 g/mol. The molecule has 0 aliphatic carbocycles. The van der Waals surface area contributed by atoms with Gasteiger partial charge in [0.15, 0.2) is 17.5 Å². The van der Waals surface area contributed by atoms with Crippen LogP contribution in [0.5, 0.6) is 11.5 Å². The second-order valence-electron chi connectivity index (χ2n) is 5.87. The molecule has 0 saturated heterocycles. The molecular formula is C20H22ClN5O3. The lowest BCUT2D eigenvalue weighted by Crippen LogP contribution is -2.30. The predicted octanol–water partition coefficient (Wildman–Crippen LogP) is 3.98. The molecule has 0 unspecified atom stereocenters. The Morgan fingerprint density at radius 1 is 1.17 bits per heavy atom. The smallest absolute Gasteiger partial charge is 0.246 e. The van der Waals surface area contributed by atoms with Crippen LogP contribution in [-0.2, 0) is 6.54 Å². The summed E-state index contributed by atoms with van der Waals surface area (Å²) in [7, 11) is 3.27. The Hall–Kier alpha value is -3.26. The molecule has 1 aromatic heterocycles. The first-order valence-electron chi connectivity index (χ1n) is 9.00. The number of nitrogens with one attached hydrogen (secondary N) is 2. The topological polar surface area (TPSA) is 93.8 Å². The zero-order chi connectivity index (χ0) is 20.6. The molecule has 2 aromatic carbocycles. The van der Waals surface area contributed by atoms with Crippen molar-refractivity contribution in [2.45, 2.75) is 13.5 Å². The van der Waals surface area contributed by atoms with Crippen LogP contribution in [0.3, 0.4) is 0 Å². The van der Waals surface area contributed by atoms with Crippen LogP contribution in [0, 0.1) is 0 Å². The summed E-state index contributed by atoms with van der Waals surface area (Å²) in [6.45, 7) is 2.80. The van der Waals surface area contributed by atoms with Gasteiger partial charge in [-0.25, -0.2) is 0 Å². The molecule has 0 saturated carbocycles. The largest absolute Gasteiger partial charge is 0.493 e. The Kier molecular flexibility index (Phi) is 6.91. The van der Waals surface area contributed by atoms with E-state index < -0.39 is 0 Å². The summed E-state index contributed by atoms with van der Waals surface area (Å²) >= 11 is 5.91. The minimum absolute atomic E-state index is 0.314. The quantitative estimate of drug-likeness (QED) is 0.445. The molecule has 9 heteroatoms. The number of hydrogen-bond donors (Lipinski definition) is 2. The highest BCUT2D eigenvalue weighted by Crippen LogP contribution is 2.30. The molecule has 0 fully saturated rings. The second kappa shape index (κ2) is 9.79. The van der Waals surface area contributed by atoms with Crippen molar-refractivity contribution >= 4 is 23.2 Å². The third kappa shape index (κ3) is 5.39. The molecule has 3 rings (SSSR count). The number of rotatable bonds is 7. The summed E-state index contributed by atoms with van der Waals surface area (Å²) in [6, 6.07) is 12.8. The van der Waals surface area contributed by atoms with Gasteiger partial charge in [-0.05, 0) is 43.3 Å². The van der Waals surface area contributed by atoms with Crippen LogP contribution in [0.1, 0.15) is 12.8 Å². The zero-order valence-corrected chi connectivity index (χ0v) is 17.2. The van der Waals surface area contributed by atoms with Gasteiger partial charge >= 0.3 is 0 Å². The standard InChI is InChI=1S/C20H22ClN5O3/c1-4-28-16-10-9-15(11-17(16)27-3)24-20(22-2)23-12-18-25-19(26-29-18)13-5-7-14(21)8-6-13/h5-11H,4,12H2,1-3H3,(H2,22,23,24). The Labute approximate surface area is 173 Å². The van der Waals surface area contributed by atoms with Gasteiger partial charge in [0.25, 0.3) is 0 Å². The second-order valence-corrected chi connectivity index (χ2v) is 6.30. The zero-order valence-electron chi connectivity index (χ0n) is 16.4. The summed E-state index contributed by atoms with van der Waals surface area (Å²) in [5.74, 6) is 2.79. The van der Waals surface area contributed by atoms with Gasteiger partial charge in [0, 0.05) is 29.4 Å². The summed E-state index contributed by atoms with van der Waals surface area (Å²) in [5, 5.41) is 11.0. The molecule has 0 atom stereocenters. The molecule has 1 heterocycles. The van der Waals surface area contributed by atoms with E-state index in [9.17, 15) is 0 Å². The van der Waals surface area contributed by atoms with Crippen molar-refractivity contribution in [3.63, 3.8) is 0 Å². The van der Waals surface area contributed by atoms with Crippen molar-refractivity contribution in [3.8, 4) is 22.9 Å². The highest BCUT2D eigenvalue weighted by atomic mass is 35.5. The van der Waals surface area contributed by atoms with Crippen LogP contribution in [0.15, 0.2) is 52.0 Å². The molecule has 3 aromatic rings. The highest BCUT2D eigenvalue weighted by Gasteiger charge is 2.10. The van der Waals surface area contributed by atoms with Crippen LogP contribution in [0.4, 0.5) is 5.69 Å². The third-order valence-electron chi connectivity index (χ3n) is 3.93. The van der Waals surface area contributed by atoms with E-state index >= 15 is 0 Å². The summed E-state index contributed by atoms with van der Waals surface area (Å²) in [6.07, 6.45) is 0. The van der Waals surface area contributed by atoms with Crippen LogP contribution < -0.4 is 20.1 Å². The fraction of sp³-hybridized carbons (Fsp3) is 0.250. The van der Waals surface area contributed by atoms with Gasteiger partial charge in [-0.15, -0.1) is 0 Å². The molecule has 152 valence electrons.